The van der Waals surface area contributed by atoms with Crippen molar-refractivity contribution in [3.8, 4) is 0 Å². The van der Waals surface area contributed by atoms with Crippen LogP contribution in [0.25, 0.3) is 0 Å². The van der Waals surface area contributed by atoms with Crippen LogP contribution in [0.2, 0.25) is 0 Å². The van der Waals surface area contributed by atoms with Gasteiger partial charge in [-0.05, 0) is 6.66 Å². The molecule has 0 amide bonds. The van der Waals surface area contributed by atoms with Crippen molar-refractivity contribution in [1.82, 2.24) is 0 Å². The summed E-state index contributed by atoms with van der Waals surface area (Å²) in [6.07, 6.45) is 0. The number of carbonyl (C=O) groups is 1. The molecule has 0 aliphatic carbocycles. The molecule has 1 unspecified atom stereocenters. The summed E-state index contributed by atoms with van der Waals surface area (Å²) in [7, 11) is -2.90. The molecule has 0 saturated carbocycles. The van der Waals surface area contributed by atoms with E-state index < -0.39 is 12.6 Å². The number of rotatable bonds is 2. The van der Waals surface area contributed by atoms with Gasteiger partial charge in [-0.1, -0.05) is 51.1 Å². The molecule has 1 aromatic rings. The molecule has 82 valence electrons. The maximum atomic E-state index is 12.4. The van der Waals surface area contributed by atoms with E-state index in [2.05, 4.69) is 0 Å². The zero-order chi connectivity index (χ0) is 11.7. The van der Waals surface area contributed by atoms with Crippen molar-refractivity contribution in [2.24, 2.45) is 5.41 Å². The third-order valence-corrected chi connectivity index (χ3v) is 5.01. The maximum Gasteiger partial charge on any atom is 0.200 e. The van der Waals surface area contributed by atoms with E-state index in [-0.39, 0.29) is 5.52 Å². The van der Waals surface area contributed by atoms with Crippen LogP contribution in [0.5, 0.6) is 0 Å². The summed E-state index contributed by atoms with van der Waals surface area (Å²) in [6, 6.07) is 8.97. The van der Waals surface area contributed by atoms with Gasteiger partial charge in [-0.25, -0.2) is 0 Å². The predicted molar refractivity (Wildman–Crippen MR) is 64.1 cm³/mol. The van der Waals surface area contributed by atoms with Crippen molar-refractivity contribution in [2.45, 2.75) is 20.8 Å². The number of hydrogen-bond acceptors (Lipinski definition) is 2. The SMILES string of the molecule is CC(C)(C)C(=O)P(C)(=O)c1ccccc1. The molecule has 2 nitrogen and oxygen atoms in total. The van der Waals surface area contributed by atoms with Gasteiger partial charge in [-0.15, -0.1) is 0 Å². The Balaban J connectivity index is 3.16. The molecule has 0 bridgehead atoms. The van der Waals surface area contributed by atoms with Crippen molar-refractivity contribution in [1.29, 1.82) is 0 Å². The van der Waals surface area contributed by atoms with Gasteiger partial charge in [0.2, 0.25) is 5.52 Å². The minimum absolute atomic E-state index is 0.166. The third kappa shape index (κ3) is 2.57. The predicted octanol–water partition coefficient (Wildman–Crippen LogP) is 2.88. The molecule has 0 aliphatic rings. The van der Waals surface area contributed by atoms with Gasteiger partial charge >= 0.3 is 0 Å². The standard InChI is InChI=1S/C12H17O2P/c1-12(2,3)11(13)15(4,14)10-8-6-5-7-9-10/h5-9H,1-4H3. The Morgan fingerprint density at radius 3 is 2.00 bits per heavy atom. The van der Waals surface area contributed by atoms with Crippen LogP contribution in [-0.4, -0.2) is 12.2 Å². The highest BCUT2D eigenvalue weighted by atomic mass is 31.2. The summed E-state index contributed by atoms with van der Waals surface area (Å²) in [4.78, 5) is 12.0. The van der Waals surface area contributed by atoms with Crippen LogP contribution in [0.1, 0.15) is 20.8 Å². The summed E-state index contributed by atoms with van der Waals surface area (Å²) in [6.45, 7) is 6.95. The Bertz CT molecular complexity index is 401. The number of carbonyl (C=O) groups excluding carboxylic acids is 1. The smallest absolute Gasteiger partial charge is 0.200 e. The summed E-state index contributed by atoms with van der Waals surface area (Å²) in [5.41, 5.74) is -0.721. The van der Waals surface area contributed by atoms with Crippen LogP contribution in [0, 0.1) is 5.41 Å². The summed E-state index contributed by atoms with van der Waals surface area (Å²) in [5.74, 6) is 0. The first-order valence-corrected chi connectivity index (χ1v) is 7.10. The van der Waals surface area contributed by atoms with Crippen LogP contribution in [0.4, 0.5) is 0 Å². The lowest BCUT2D eigenvalue weighted by molar-refractivity contribution is -0.118. The third-order valence-electron chi connectivity index (χ3n) is 2.28. The zero-order valence-corrected chi connectivity index (χ0v) is 10.5. The molecule has 0 N–H and O–H groups in total. The van der Waals surface area contributed by atoms with Crippen LogP contribution < -0.4 is 5.30 Å². The molecular weight excluding hydrogens is 207 g/mol. The van der Waals surface area contributed by atoms with Crippen molar-refractivity contribution in [3.05, 3.63) is 30.3 Å². The fourth-order valence-electron chi connectivity index (χ4n) is 1.47. The monoisotopic (exact) mass is 224 g/mol. The highest BCUT2D eigenvalue weighted by molar-refractivity contribution is 7.86. The Morgan fingerprint density at radius 1 is 1.13 bits per heavy atom. The normalized spacial score (nSPS) is 15.7. The minimum atomic E-state index is -2.90. The molecule has 3 heteroatoms. The fourth-order valence-corrected chi connectivity index (χ4v) is 3.73. The van der Waals surface area contributed by atoms with E-state index >= 15 is 0 Å². The summed E-state index contributed by atoms with van der Waals surface area (Å²) < 4.78 is 12.4. The molecule has 0 fully saturated rings. The largest absolute Gasteiger partial charge is 0.311 e. The lowest BCUT2D eigenvalue weighted by Crippen LogP contribution is -2.24. The van der Waals surface area contributed by atoms with E-state index in [0.29, 0.717) is 5.30 Å². The first-order valence-electron chi connectivity index (χ1n) is 4.94. The average molecular weight is 224 g/mol. The van der Waals surface area contributed by atoms with E-state index in [1.165, 1.54) is 0 Å². The second-order valence-corrected chi connectivity index (χ2v) is 7.59. The van der Waals surface area contributed by atoms with Gasteiger partial charge in [-0.2, -0.15) is 0 Å². The molecule has 0 spiro atoms. The van der Waals surface area contributed by atoms with Gasteiger partial charge < -0.3 is 4.57 Å². The Morgan fingerprint density at radius 2 is 1.60 bits per heavy atom. The van der Waals surface area contributed by atoms with E-state index in [0.717, 1.165) is 0 Å². The van der Waals surface area contributed by atoms with E-state index in [9.17, 15) is 9.36 Å². The summed E-state index contributed by atoms with van der Waals surface area (Å²) >= 11 is 0. The van der Waals surface area contributed by atoms with Gasteiger partial charge in [0.1, 0.15) is 0 Å². The number of benzene rings is 1. The molecule has 1 aromatic carbocycles. The number of hydrogen-bond donors (Lipinski definition) is 0. The molecule has 0 aromatic heterocycles. The molecule has 0 saturated heterocycles. The second-order valence-electron chi connectivity index (χ2n) is 4.81. The van der Waals surface area contributed by atoms with Crippen molar-refractivity contribution in [3.63, 3.8) is 0 Å². The fraction of sp³-hybridized carbons (Fsp3) is 0.417. The molecule has 15 heavy (non-hydrogen) atoms. The zero-order valence-electron chi connectivity index (χ0n) is 9.65. The van der Waals surface area contributed by atoms with Crippen LogP contribution in [0.15, 0.2) is 30.3 Å². The Hall–Kier alpha value is -0.880. The quantitative estimate of drug-likeness (QED) is 0.724. The molecule has 0 heterocycles. The van der Waals surface area contributed by atoms with Gasteiger partial charge in [-0.3, -0.25) is 4.79 Å². The van der Waals surface area contributed by atoms with Crippen LogP contribution >= 0.6 is 7.14 Å². The Kier molecular flexibility index (Phi) is 3.20. The van der Waals surface area contributed by atoms with Crippen molar-refractivity contribution < 1.29 is 9.36 Å². The average Bonchev–Trinajstić information content (AvgIpc) is 2.16. The van der Waals surface area contributed by atoms with E-state index in [4.69, 9.17) is 0 Å². The Labute approximate surface area is 91.1 Å². The van der Waals surface area contributed by atoms with E-state index in [1.54, 1.807) is 51.7 Å². The minimum Gasteiger partial charge on any atom is -0.311 e. The molecule has 0 radical (unpaired) electrons. The van der Waals surface area contributed by atoms with Crippen LogP contribution in [-0.2, 0) is 9.36 Å². The molecule has 1 atom stereocenters. The summed E-state index contributed by atoms with van der Waals surface area (Å²) in [5, 5.41) is 0.643. The highest BCUT2D eigenvalue weighted by Gasteiger charge is 2.36. The van der Waals surface area contributed by atoms with Crippen molar-refractivity contribution >= 4 is 18.0 Å². The van der Waals surface area contributed by atoms with E-state index in [1.807, 2.05) is 6.07 Å². The topological polar surface area (TPSA) is 34.1 Å². The highest BCUT2D eigenvalue weighted by Crippen LogP contribution is 2.46. The van der Waals surface area contributed by atoms with Gasteiger partial charge in [0, 0.05) is 10.7 Å². The first-order chi connectivity index (χ1) is 6.76. The van der Waals surface area contributed by atoms with Gasteiger partial charge in [0.15, 0.2) is 7.14 Å². The van der Waals surface area contributed by atoms with Crippen molar-refractivity contribution in [2.75, 3.05) is 6.66 Å². The lowest BCUT2D eigenvalue weighted by atomic mass is 9.99. The molecule has 1 rings (SSSR count). The second kappa shape index (κ2) is 3.94. The first kappa shape index (κ1) is 12.2. The van der Waals surface area contributed by atoms with Gasteiger partial charge in [0.25, 0.3) is 0 Å². The lowest BCUT2D eigenvalue weighted by Gasteiger charge is -2.22. The molecular formula is C12H17O2P. The molecule has 0 aliphatic heterocycles. The van der Waals surface area contributed by atoms with Gasteiger partial charge in [0.05, 0.1) is 0 Å². The van der Waals surface area contributed by atoms with Crippen LogP contribution in [0.3, 0.4) is 0 Å². The maximum absolute atomic E-state index is 12.4.